The first-order chi connectivity index (χ1) is 10.5. The first-order valence-corrected chi connectivity index (χ1v) is 8.18. The van der Waals surface area contributed by atoms with Crippen LogP contribution in [0.15, 0.2) is 12.2 Å². The van der Waals surface area contributed by atoms with E-state index in [0.717, 1.165) is 4.90 Å². The molecule has 0 saturated carbocycles. The molecule has 6 nitrogen and oxygen atoms in total. The topological polar surface area (TPSA) is 87.1 Å². The molecule has 2 atom stereocenters. The molecule has 0 aromatic heterocycles. The zero-order valence-electron chi connectivity index (χ0n) is 14.0. The number of nitrogens with zero attached hydrogens (tertiary/aromatic N) is 1. The predicted molar refractivity (Wildman–Crippen MR) is 87.6 cm³/mol. The second kappa shape index (κ2) is 7.53. The number of aliphatic hydroxyl groups is 1. The lowest BCUT2D eigenvalue weighted by Gasteiger charge is -2.36. The second-order valence-electron chi connectivity index (χ2n) is 7.11. The summed E-state index contributed by atoms with van der Waals surface area (Å²) in [4.78, 5) is 25.4. The Morgan fingerprint density at radius 3 is 2.57 bits per heavy atom. The van der Waals surface area contributed by atoms with Crippen LogP contribution in [0.2, 0.25) is 0 Å². The summed E-state index contributed by atoms with van der Waals surface area (Å²) in [6, 6.07) is 0. The minimum absolute atomic E-state index is 0.00753. The van der Waals surface area contributed by atoms with Gasteiger partial charge in [0.15, 0.2) is 5.54 Å². The Labute approximate surface area is 142 Å². The molecule has 0 aliphatic carbocycles. The third-order valence-electron chi connectivity index (χ3n) is 4.04. The van der Waals surface area contributed by atoms with E-state index in [1.165, 1.54) is 0 Å². The Balaban J connectivity index is 2.91. The van der Waals surface area contributed by atoms with E-state index < -0.39 is 23.7 Å². The lowest BCUT2D eigenvalue weighted by Crippen LogP contribution is -2.56. The van der Waals surface area contributed by atoms with E-state index in [4.69, 9.17) is 16.3 Å². The molecule has 1 saturated heterocycles. The molecule has 2 unspecified atom stereocenters. The highest BCUT2D eigenvalue weighted by molar-refractivity contribution is 6.18. The number of aliphatic carboxylic acids is 1. The maximum Gasteiger partial charge on any atom is 0.411 e. The number of amides is 1. The summed E-state index contributed by atoms with van der Waals surface area (Å²) in [5.41, 5.74) is -1.28. The first kappa shape index (κ1) is 19.8. The van der Waals surface area contributed by atoms with Crippen LogP contribution in [0.5, 0.6) is 0 Å². The number of alkyl halides is 1. The largest absolute Gasteiger partial charge is 0.479 e. The first-order valence-electron chi connectivity index (χ1n) is 7.64. The van der Waals surface area contributed by atoms with Gasteiger partial charge in [-0.15, -0.1) is 11.6 Å². The number of rotatable bonds is 6. The van der Waals surface area contributed by atoms with E-state index >= 15 is 0 Å². The Morgan fingerprint density at radius 2 is 2.09 bits per heavy atom. The van der Waals surface area contributed by atoms with Gasteiger partial charge in [0.05, 0.1) is 12.7 Å². The minimum atomic E-state index is -1.66. The molecule has 132 valence electrons. The van der Waals surface area contributed by atoms with Crippen molar-refractivity contribution in [3.63, 3.8) is 0 Å². The predicted octanol–water partition coefficient (Wildman–Crippen LogP) is 2.63. The van der Waals surface area contributed by atoms with Gasteiger partial charge in [-0.3, -0.25) is 4.90 Å². The zero-order valence-corrected chi connectivity index (χ0v) is 14.7. The fourth-order valence-corrected chi connectivity index (χ4v) is 2.72. The Hall–Kier alpha value is -1.27. The van der Waals surface area contributed by atoms with Gasteiger partial charge in [-0.1, -0.05) is 27.4 Å². The van der Waals surface area contributed by atoms with Crippen molar-refractivity contribution < 1.29 is 24.5 Å². The molecule has 1 heterocycles. The molecule has 1 amide bonds. The number of hydrogen-bond acceptors (Lipinski definition) is 4. The van der Waals surface area contributed by atoms with Crippen LogP contribution in [0.1, 0.15) is 40.0 Å². The summed E-state index contributed by atoms with van der Waals surface area (Å²) in [7, 11) is 0. The van der Waals surface area contributed by atoms with E-state index in [2.05, 4.69) is 6.58 Å². The molecule has 1 fully saturated rings. The van der Waals surface area contributed by atoms with Crippen LogP contribution in [0, 0.1) is 5.41 Å². The SMILES string of the molecule is C=C1CCN(C(=O)OCCC(C)(C)C)C1(CC(O)CCl)C(=O)O. The monoisotopic (exact) mass is 347 g/mol. The van der Waals surface area contributed by atoms with Crippen LogP contribution in [0.4, 0.5) is 4.79 Å². The van der Waals surface area contributed by atoms with Gasteiger partial charge in [0.2, 0.25) is 0 Å². The third kappa shape index (κ3) is 4.61. The maximum atomic E-state index is 12.4. The van der Waals surface area contributed by atoms with Crippen LogP contribution >= 0.6 is 11.6 Å². The van der Waals surface area contributed by atoms with Crippen molar-refractivity contribution in [3.8, 4) is 0 Å². The van der Waals surface area contributed by atoms with E-state index in [0.29, 0.717) is 18.4 Å². The van der Waals surface area contributed by atoms with Crippen LogP contribution in [-0.2, 0) is 9.53 Å². The van der Waals surface area contributed by atoms with Crippen molar-refractivity contribution in [3.05, 3.63) is 12.2 Å². The van der Waals surface area contributed by atoms with Crippen LogP contribution in [0.3, 0.4) is 0 Å². The highest BCUT2D eigenvalue weighted by Gasteiger charge is 2.54. The average Bonchev–Trinajstić information content (AvgIpc) is 2.75. The molecule has 2 N–H and O–H groups in total. The fraction of sp³-hybridized carbons (Fsp3) is 0.750. The number of halogens is 1. The third-order valence-corrected chi connectivity index (χ3v) is 4.40. The molecule has 23 heavy (non-hydrogen) atoms. The molecule has 7 heteroatoms. The molecular weight excluding hydrogens is 322 g/mol. The summed E-state index contributed by atoms with van der Waals surface area (Å²) in [6.07, 6.45) is -0.920. The Kier molecular flexibility index (Phi) is 6.48. The average molecular weight is 348 g/mol. The van der Waals surface area contributed by atoms with Crippen molar-refractivity contribution in [2.45, 2.75) is 51.7 Å². The standard InChI is InChI=1S/C16H26ClNO5/c1-11-5-7-18(14(22)23-8-6-15(2,3)4)16(11,13(20)21)9-12(19)10-17/h12,19H,1,5-10H2,2-4H3,(H,20,21). The Bertz CT molecular complexity index is 474. The molecule has 0 aromatic rings. The molecule has 1 aliphatic rings. The van der Waals surface area contributed by atoms with Crippen molar-refractivity contribution in [1.82, 2.24) is 4.90 Å². The second-order valence-corrected chi connectivity index (χ2v) is 7.42. The van der Waals surface area contributed by atoms with Crippen molar-refractivity contribution in [2.75, 3.05) is 19.0 Å². The number of carbonyl (C=O) groups excluding carboxylic acids is 1. The van der Waals surface area contributed by atoms with Crippen molar-refractivity contribution in [1.29, 1.82) is 0 Å². The van der Waals surface area contributed by atoms with Crippen LogP contribution in [-0.4, -0.2) is 57.9 Å². The van der Waals surface area contributed by atoms with Crippen molar-refractivity contribution >= 4 is 23.7 Å². The summed E-state index contributed by atoms with van der Waals surface area (Å²) < 4.78 is 5.24. The summed E-state index contributed by atoms with van der Waals surface area (Å²) in [5.74, 6) is -1.34. The van der Waals surface area contributed by atoms with E-state index in [1.54, 1.807) is 0 Å². The fourth-order valence-electron chi connectivity index (χ4n) is 2.61. The number of carboxylic acids is 1. The van der Waals surface area contributed by atoms with Gasteiger partial charge >= 0.3 is 12.1 Å². The number of hydrogen-bond donors (Lipinski definition) is 2. The van der Waals surface area contributed by atoms with Gasteiger partial charge in [0, 0.05) is 18.8 Å². The molecule has 1 rings (SSSR count). The van der Waals surface area contributed by atoms with E-state index in [9.17, 15) is 19.8 Å². The van der Waals surface area contributed by atoms with Gasteiger partial charge in [-0.2, -0.15) is 0 Å². The highest BCUT2D eigenvalue weighted by atomic mass is 35.5. The molecule has 0 radical (unpaired) electrons. The van der Waals surface area contributed by atoms with E-state index in [-0.39, 0.29) is 30.9 Å². The normalized spacial score (nSPS) is 23.0. The van der Waals surface area contributed by atoms with E-state index in [1.807, 2.05) is 20.8 Å². The number of ether oxygens (including phenoxy) is 1. The molecule has 0 aromatic carbocycles. The lowest BCUT2D eigenvalue weighted by molar-refractivity contribution is -0.148. The number of likely N-dealkylation sites (tertiary alicyclic amines) is 1. The number of carbonyl (C=O) groups is 2. The van der Waals surface area contributed by atoms with Gasteiger partial charge < -0.3 is 14.9 Å². The number of aliphatic hydroxyl groups excluding tert-OH is 1. The van der Waals surface area contributed by atoms with Gasteiger partial charge in [0.25, 0.3) is 0 Å². The molecule has 1 aliphatic heterocycles. The summed E-state index contributed by atoms with van der Waals surface area (Å²) >= 11 is 5.60. The van der Waals surface area contributed by atoms with Gasteiger partial charge in [-0.25, -0.2) is 9.59 Å². The smallest absolute Gasteiger partial charge is 0.411 e. The van der Waals surface area contributed by atoms with Crippen molar-refractivity contribution in [2.24, 2.45) is 5.41 Å². The zero-order chi connectivity index (χ0) is 17.8. The quantitative estimate of drug-likeness (QED) is 0.569. The maximum absolute atomic E-state index is 12.4. The van der Waals surface area contributed by atoms with Gasteiger partial charge in [-0.05, 0) is 23.8 Å². The minimum Gasteiger partial charge on any atom is -0.479 e. The summed E-state index contributed by atoms with van der Waals surface area (Å²) in [5, 5.41) is 19.5. The molecular formula is C16H26ClNO5. The van der Waals surface area contributed by atoms with Crippen LogP contribution < -0.4 is 0 Å². The van der Waals surface area contributed by atoms with Gasteiger partial charge in [0.1, 0.15) is 0 Å². The summed E-state index contributed by atoms with van der Waals surface area (Å²) in [6.45, 7) is 10.3. The number of carboxylic acid groups (broad SMARTS) is 1. The highest BCUT2D eigenvalue weighted by Crippen LogP contribution is 2.38. The molecule has 0 bridgehead atoms. The Morgan fingerprint density at radius 1 is 1.48 bits per heavy atom. The lowest BCUT2D eigenvalue weighted by atomic mass is 9.86. The van der Waals surface area contributed by atoms with Crippen LogP contribution in [0.25, 0.3) is 0 Å². The molecule has 0 spiro atoms.